The number of hydrogen-bond acceptors (Lipinski definition) is 7. The third kappa shape index (κ3) is 6.62. The van der Waals surface area contributed by atoms with Crippen LogP contribution in [0.4, 0.5) is 0 Å². The van der Waals surface area contributed by atoms with Crippen molar-refractivity contribution in [3.8, 4) is 0 Å². The maximum absolute atomic E-state index is 11.3. The highest BCUT2D eigenvalue weighted by Gasteiger charge is 2.22. The Labute approximate surface area is 192 Å². The summed E-state index contributed by atoms with van der Waals surface area (Å²) in [4.78, 5) is 30.5. The Bertz CT molecular complexity index is 863. The Kier molecular flexibility index (Phi) is 8.66. The average Bonchev–Trinajstić information content (AvgIpc) is 3.45. The number of hydrogen-bond donors (Lipinski definition) is 1. The van der Waals surface area contributed by atoms with Crippen molar-refractivity contribution in [3.05, 3.63) is 43.8 Å². The lowest BCUT2D eigenvalue weighted by Gasteiger charge is -2.28. The van der Waals surface area contributed by atoms with Crippen molar-refractivity contribution in [1.82, 2.24) is 9.80 Å². The van der Waals surface area contributed by atoms with Crippen molar-refractivity contribution in [1.29, 1.82) is 0 Å². The van der Waals surface area contributed by atoms with Gasteiger partial charge in [0.1, 0.15) is 9.75 Å². The molecule has 0 amide bonds. The smallest absolute Gasteiger partial charge is 0.348 e. The van der Waals surface area contributed by atoms with E-state index in [4.69, 9.17) is 9.84 Å². The molecule has 6 nitrogen and oxygen atoms in total. The van der Waals surface area contributed by atoms with Crippen molar-refractivity contribution in [3.63, 3.8) is 0 Å². The Morgan fingerprint density at radius 2 is 1.26 bits per heavy atom. The molecule has 0 aliphatic carbocycles. The number of methoxy groups -OCH3 is 1. The fraction of sp³-hybridized carbons (Fsp3) is 0.565. The molecule has 0 aromatic carbocycles. The highest BCUT2D eigenvalue weighted by molar-refractivity contribution is 7.14. The Morgan fingerprint density at radius 3 is 1.65 bits per heavy atom. The molecule has 0 saturated carbocycles. The summed E-state index contributed by atoms with van der Waals surface area (Å²) in [6, 6.07) is 7.65. The van der Waals surface area contributed by atoms with E-state index in [-0.39, 0.29) is 5.97 Å². The first kappa shape index (κ1) is 23.9. The third-order valence-corrected chi connectivity index (χ3v) is 8.56. The first-order valence-electron chi connectivity index (χ1n) is 10.8. The molecule has 0 bridgehead atoms. The summed E-state index contributed by atoms with van der Waals surface area (Å²) in [5.74, 6) is 0.169. The van der Waals surface area contributed by atoms with Crippen molar-refractivity contribution in [2.75, 3.05) is 47.4 Å². The first-order chi connectivity index (χ1) is 14.9. The lowest BCUT2D eigenvalue weighted by atomic mass is 9.96. The number of thiophene rings is 2. The van der Waals surface area contributed by atoms with E-state index in [0.717, 1.165) is 43.9 Å². The summed E-state index contributed by atoms with van der Waals surface area (Å²) in [6.45, 7) is 4.53. The second-order valence-corrected chi connectivity index (χ2v) is 10.6. The summed E-state index contributed by atoms with van der Waals surface area (Å²) in [6.07, 6.45) is 4.68. The molecule has 31 heavy (non-hydrogen) atoms. The van der Waals surface area contributed by atoms with Gasteiger partial charge in [-0.2, -0.15) is 0 Å². The maximum atomic E-state index is 11.3. The number of piperidine rings is 2. The zero-order chi connectivity index (χ0) is 22.4. The second-order valence-electron chi connectivity index (χ2n) is 8.36. The summed E-state index contributed by atoms with van der Waals surface area (Å²) < 4.78 is 4.72. The normalized spacial score (nSPS) is 18.9. The SMILES string of the molecule is CN1CCC(c2ccc(C(=O)O)s2)CC1.COC(=O)c1ccc(C2CCN(C)CC2)s1. The van der Waals surface area contributed by atoms with Gasteiger partial charge < -0.3 is 19.6 Å². The van der Waals surface area contributed by atoms with Crippen LogP contribution in [0.2, 0.25) is 0 Å². The average molecular weight is 465 g/mol. The molecule has 2 saturated heterocycles. The second kappa shape index (κ2) is 11.2. The number of nitrogens with zero attached hydrogens (tertiary/aromatic N) is 2. The van der Waals surface area contributed by atoms with Crippen LogP contribution < -0.4 is 0 Å². The molecule has 2 aromatic heterocycles. The van der Waals surface area contributed by atoms with E-state index in [1.807, 2.05) is 12.1 Å². The summed E-state index contributed by atoms with van der Waals surface area (Å²) >= 11 is 3.01. The number of esters is 1. The fourth-order valence-electron chi connectivity index (χ4n) is 4.06. The lowest BCUT2D eigenvalue weighted by Crippen LogP contribution is -2.28. The molecule has 2 aliphatic heterocycles. The van der Waals surface area contributed by atoms with Crippen LogP contribution in [0.5, 0.6) is 0 Å². The van der Waals surface area contributed by atoms with Gasteiger partial charge in [-0.25, -0.2) is 9.59 Å². The third-order valence-electron chi connectivity index (χ3n) is 6.09. The molecule has 170 valence electrons. The van der Waals surface area contributed by atoms with Gasteiger partial charge in [0, 0.05) is 9.75 Å². The van der Waals surface area contributed by atoms with Crippen LogP contribution in [0, 0.1) is 0 Å². The molecule has 2 fully saturated rings. The van der Waals surface area contributed by atoms with Gasteiger partial charge in [-0.05, 0) is 102 Å². The summed E-state index contributed by atoms with van der Waals surface area (Å²) in [7, 11) is 5.72. The van der Waals surface area contributed by atoms with Crippen LogP contribution >= 0.6 is 22.7 Å². The number of likely N-dealkylation sites (tertiary alicyclic amines) is 2. The predicted molar refractivity (Wildman–Crippen MR) is 126 cm³/mol. The van der Waals surface area contributed by atoms with Gasteiger partial charge in [0.15, 0.2) is 0 Å². The van der Waals surface area contributed by atoms with E-state index < -0.39 is 5.97 Å². The summed E-state index contributed by atoms with van der Waals surface area (Å²) in [5, 5.41) is 8.84. The number of aromatic carboxylic acids is 1. The number of rotatable bonds is 4. The van der Waals surface area contributed by atoms with E-state index in [2.05, 4.69) is 30.0 Å². The molecule has 2 aromatic rings. The van der Waals surface area contributed by atoms with Crippen molar-refractivity contribution in [2.24, 2.45) is 0 Å². The molecule has 2 aliphatic rings. The molecule has 1 N–H and O–H groups in total. The minimum absolute atomic E-state index is 0.218. The molecular formula is C23H32N2O4S2. The highest BCUT2D eigenvalue weighted by Crippen LogP contribution is 2.33. The molecule has 0 radical (unpaired) electrons. The van der Waals surface area contributed by atoms with Crippen molar-refractivity contribution >= 4 is 34.6 Å². The zero-order valence-electron chi connectivity index (χ0n) is 18.5. The minimum Gasteiger partial charge on any atom is -0.477 e. The Hall–Kier alpha value is -1.74. The molecule has 0 atom stereocenters. The van der Waals surface area contributed by atoms with Gasteiger partial charge >= 0.3 is 11.9 Å². The topological polar surface area (TPSA) is 70.1 Å². The van der Waals surface area contributed by atoms with Gasteiger partial charge in [-0.15, -0.1) is 22.7 Å². The van der Waals surface area contributed by atoms with E-state index >= 15 is 0 Å². The van der Waals surface area contributed by atoms with Crippen LogP contribution in [0.3, 0.4) is 0 Å². The molecule has 4 heterocycles. The van der Waals surface area contributed by atoms with Crippen molar-refractivity contribution in [2.45, 2.75) is 37.5 Å². The number of carboxylic acid groups (broad SMARTS) is 1. The Balaban J connectivity index is 0.000000176. The number of carbonyl (C=O) groups is 2. The predicted octanol–water partition coefficient (Wildman–Crippen LogP) is 4.60. The first-order valence-corrected chi connectivity index (χ1v) is 12.4. The Morgan fingerprint density at radius 1 is 0.839 bits per heavy atom. The van der Waals surface area contributed by atoms with Crippen molar-refractivity contribution < 1.29 is 19.4 Å². The van der Waals surface area contributed by atoms with E-state index in [0.29, 0.717) is 16.7 Å². The highest BCUT2D eigenvalue weighted by atomic mass is 32.1. The quantitative estimate of drug-likeness (QED) is 0.667. The summed E-state index contributed by atoms with van der Waals surface area (Å²) in [5.41, 5.74) is 0. The minimum atomic E-state index is -0.806. The standard InChI is InChI=1S/C12H17NO2S.C11H15NO2S/c1-13-7-5-9(6-8-13)10-3-4-11(16-10)12(14)15-2;1-12-6-4-8(5-7-12)9-2-3-10(15-9)11(13)14/h3-4,9H,5-8H2,1-2H3;2-3,8H,4-7H2,1H3,(H,13,14). The van der Waals surface area contributed by atoms with Crippen LogP contribution in [0.15, 0.2) is 24.3 Å². The molecule has 0 spiro atoms. The van der Waals surface area contributed by atoms with Crippen LogP contribution in [0.1, 0.15) is 66.6 Å². The van der Waals surface area contributed by atoms with Gasteiger partial charge in [0.25, 0.3) is 0 Å². The largest absolute Gasteiger partial charge is 0.477 e. The van der Waals surface area contributed by atoms with E-state index in [1.165, 1.54) is 41.0 Å². The van der Waals surface area contributed by atoms with Gasteiger partial charge in [0.2, 0.25) is 0 Å². The maximum Gasteiger partial charge on any atom is 0.348 e. The molecule has 0 unspecified atom stereocenters. The number of ether oxygens (including phenoxy) is 1. The molecule has 8 heteroatoms. The number of carboxylic acids is 1. The van der Waals surface area contributed by atoms with Gasteiger partial charge in [-0.3, -0.25) is 0 Å². The van der Waals surface area contributed by atoms with Crippen LogP contribution in [-0.4, -0.2) is 74.2 Å². The lowest BCUT2D eigenvalue weighted by molar-refractivity contribution is 0.0605. The fourth-order valence-corrected chi connectivity index (χ4v) is 6.17. The van der Waals surface area contributed by atoms with Crippen LogP contribution in [-0.2, 0) is 4.74 Å². The van der Waals surface area contributed by atoms with Gasteiger partial charge in [-0.1, -0.05) is 0 Å². The monoisotopic (exact) mass is 464 g/mol. The van der Waals surface area contributed by atoms with Gasteiger partial charge in [0.05, 0.1) is 7.11 Å². The molecule has 4 rings (SSSR count). The number of carbonyl (C=O) groups excluding carboxylic acids is 1. The van der Waals surface area contributed by atoms with E-state index in [1.54, 1.807) is 17.4 Å². The zero-order valence-corrected chi connectivity index (χ0v) is 20.1. The van der Waals surface area contributed by atoms with E-state index in [9.17, 15) is 9.59 Å². The molecular weight excluding hydrogens is 432 g/mol. The van der Waals surface area contributed by atoms with Crippen LogP contribution in [0.25, 0.3) is 0 Å².